The van der Waals surface area contributed by atoms with Gasteiger partial charge in [0.25, 0.3) is 11.8 Å². The molecule has 0 spiro atoms. The van der Waals surface area contributed by atoms with Crippen LogP contribution in [0, 0.1) is 0 Å². The number of carbonyl (C=O) groups is 3. The molecule has 0 bridgehead atoms. The third kappa shape index (κ3) is 13.5. The van der Waals surface area contributed by atoms with Crippen LogP contribution in [-0.4, -0.2) is 24.2 Å². The van der Waals surface area contributed by atoms with Gasteiger partial charge in [-0.1, -0.05) is 151 Å². The first-order valence-electron chi connectivity index (χ1n) is 18.3. The van der Waals surface area contributed by atoms with Gasteiger partial charge in [0, 0.05) is 17.7 Å². The molecule has 0 N–H and O–H groups in total. The van der Waals surface area contributed by atoms with E-state index < -0.39 is 0 Å². The number of anilines is 1. The lowest BCUT2D eigenvalue weighted by Gasteiger charge is -2.14. The van der Waals surface area contributed by atoms with E-state index in [0.29, 0.717) is 12.3 Å². The number of aryl methyl sites for hydroxylation is 1. The summed E-state index contributed by atoms with van der Waals surface area (Å²) in [6.07, 6.45) is 28.3. The monoisotopic (exact) mass is 647 g/mol. The molecule has 0 saturated heterocycles. The fraction of sp³-hybridized carbons (Fsp3) is 0.419. The Morgan fingerprint density at radius 2 is 1.06 bits per heavy atom. The summed E-state index contributed by atoms with van der Waals surface area (Å²) in [6, 6.07) is 25.1. The molecule has 0 aromatic heterocycles. The normalized spacial score (nSPS) is 12.8. The van der Waals surface area contributed by atoms with Gasteiger partial charge in [0.05, 0.1) is 12.3 Å². The number of allylic oxidation sites excluding steroid dienone is 1. The molecule has 0 saturated carbocycles. The van der Waals surface area contributed by atoms with Crippen LogP contribution in [0.4, 0.5) is 5.69 Å². The number of ether oxygens (including phenoxy) is 1. The summed E-state index contributed by atoms with van der Waals surface area (Å²) in [5.41, 5.74) is 3.74. The molecule has 0 aliphatic carbocycles. The van der Waals surface area contributed by atoms with E-state index in [0.717, 1.165) is 34.6 Å². The average Bonchev–Trinajstić information content (AvgIpc) is 3.46. The van der Waals surface area contributed by atoms with Crippen molar-refractivity contribution in [2.75, 3.05) is 11.5 Å². The highest BCUT2D eigenvalue weighted by molar-refractivity contribution is 6.28. The summed E-state index contributed by atoms with van der Waals surface area (Å²) in [7, 11) is 0. The van der Waals surface area contributed by atoms with Gasteiger partial charge in [-0.25, -0.2) is 4.90 Å². The van der Waals surface area contributed by atoms with Crippen molar-refractivity contribution in [1.29, 1.82) is 0 Å². The van der Waals surface area contributed by atoms with Gasteiger partial charge < -0.3 is 4.74 Å². The maximum Gasteiger partial charge on any atom is 0.258 e. The fourth-order valence-corrected chi connectivity index (χ4v) is 6.11. The van der Waals surface area contributed by atoms with Gasteiger partial charge >= 0.3 is 0 Å². The van der Waals surface area contributed by atoms with E-state index in [1.54, 1.807) is 18.2 Å². The lowest BCUT2D eigenvalue weighted by molar-refractivity contribution is -0.119. The fourth-order valence-electron chi connectivity index (χ4n) is 6.11. The maximum atomic E-state index is 12.2. The van der Waals surface area contributed by atoms with Gasteiger partial charge in [0.1, 0.15) is 5.75 Å². The summed E-state index contributed by atoms with van der Waals surface area (Å²) < 4.78 is 5.83. The molecule has 1 aliphatic heterocycles. The molecule has 0 unspecified atom stereocenters. The number of amides is 2. The van der Waals surface area contributed by atoms with Crippen molar-refractivity contribution in [3.8, 4) is 5.75 Å². The number of imide groups is 1. The molecule has 3 aromatic rings. The van der Waals surface area contributed by atoms with E-state index in [-0.39, 0.29) is 17.6 Å². The Kier molecular flexibility index (Phi) is 16.5. The highest BCUT2D eigenvalue weighted by Crippen LogP contribution is 2.23. The molecular formula is C43H53NO4. The molecule has 48 heavy (non-hydrogen) atoms. The number of hydrogen-bond acceptors (Lipinski definition) is 4. The highest BCUT2D eigenvalue weighted by Gasteiger charge is 2.24. The number of benzene rings is 3. The predicted molar refractivity (Wildman–Crippen MR) is 197 cm³/mol. The minimum Gasteiger partial charge on any atom is -0.494 e. The lowest BCUT2D eigenvalue weighted by Crippen LogP contribution is -2.29. The van der Waals surface area contributed by atoms with Crippen LogP contribution >= 0.6 is 0 Å². The molecule has 0 radical (unpaired) electrons. The SMILES string of the molecule is O=C(/C=C/c1ccc(CCCCCCCCCCCCCCCCCCOc2ccc(N3C(=O)C=CC3=O)cc2)cc1)c1ccccc1. The smallest absolute Gasteiger partial charge is 0.258 e. The van der Waals surface area contributed by atoms with Crippen LogP contribution < -0.4 is 9.64 Å². The van der Waals surface area contributed by atoms with Crippen molar-refractivity contribution in [2.24, 2.45) is 0 Å². The Morgan fingerprint density at radius 3 is 1.60 bits per heavy atom. The lowest BCUT2D eigenvalue weighted by atomic mass is 10.0. The number of carbonyl (C=O) groups excluding carboxylic acids is 3. The maximum absolute atomic E-state index is 12.2. The van der Waals surface area contributed by atoms with E-state index in [9.17, 15) is 14.4 Å². The molecule has 3 aromatic carbocycles. The molecule has 254 valence electrons. The number of nitrogens with zero attached hydrogens (tertiary/aromatic N) is 1. The highest BCUT2D eigenvalue weighted by atomic mass is 16.5. The van der Waals surface area contributed by atoms with Gasteiger partial charge in [-0.15, -0.1) is 0 Å². The third-order valence-corrected chi connectivity index (χ3v) is 9.00. The molecule has 0 fully saturated rings. The van der Waals surface area contributed by atoms with E-state index in [2.05, 4.69) is 24.3 Å². The minimum absolute atomic E-state index is 0.0392. The zero-order valence-electron chi connectivity index (χ0n) is 28.6. The summed E-state index contributed by atoms with van der Waals surface area (Å²) >= 11 is 0. The van der Waals surface area contributed by atoms with Crippen molar-refractivity contribution < 1.29 is 19.1 Å². The van der Waals surface area contributed by atoms with Crippen LogP contribution in [-0.2, 0) is 16.0 Å². The summed E-state index contributed by atoms with van der Waals surface area (Å²) in [6.45, 7) is 0.692. The van der Waals surface area contributed by atoms with Gasteiger partial charge in [-0.05, 0) is 60.7 Å². The van der Waals surface area contributed by atoms with Crippen molar-refractivity contribution in [2.45, 2.75) is 109 Å². The number of unbranched alkanes of at least 4 members (excludes halogenated alkanes) is 15. The van der Waals surface area contributed by atoms with E-state index in [1.165, 1.54) is 114 Å². The quantitative estimate of drug-likeness (QED) is 0.0420. The Hall–Kier alpha value is -4.25. The second kappa shape index (κ2) is 21.6. The van der Waals surface area contributed by atoms with Gasteiger partial charge in [0.2, 0.25) is 0 Å². The number of hydrogen-bond donors (Lipinski definition) is 0. The largest absolute Gasteiger partial charge is 0.494 e. The topological polar surface area (TPSA) is 63.7 Å². The van der Waals surface area contributed by atoms with Crippen LogP contribution in [0.25, 0.3) is 6.08 Å². The molecule has 1 aliphatic rings. The van der Waals surface area contributed by atoms with E-state index in [4.69, 9.17) is 4.74 Å². The molecule has 4 rings (SSSR count). The van der Waals surface area contributed by atoms with Gasteiger partial charge in [-0.3, -0.25) is 14.4 Å². The van der Waals surface area contributed by atoms with Crippen molar-refractivity contribution >= 4 is 29.4 Å². The first-order valence-corrected chi connectivity index (χ1v) is 18.3. The molecule has 0 atom stereocenters. The van der Waals surface area contributed by atoms with Crippen LogP contribution in [0.15, 0.2) is 97.1 Å². The zero-order valence-corrected chi connectivity index (χ0v) is 28.6. The van der Waals surface area contributed by atoms with Gasteiger partial charge in [-0.2, -0.15) is 0 Å². The Labute approximate surface area is 288 Å². The molecule has 5 heteroatoms. The molecular weight excluding hydrogens is 594 g/mol. The standard InChI is InChI=1S/C43H53NO4/c45-41(38-21-17-15-18-22-38)32-27-37-25-23-36(24-26-37)20-16-13-11-9-7-5-3-1-2-4-6-8-10-12-14-19-35-48-40-30-28-39(29-31-40)44-42(46)33-34-43(44)47/h15,17-18,21-34H,1-14,16,19-20,35H2/b32-27+. The van der Waals surface area contributed by atoms with Crippen LogP contribution in [0.3, 0.4) is 0 Å². The Morgan fingerprint density at radius 1 is 0.562 bits per heavy atom. The Bertz CT molecular complexity index is 1420. The van der Waals surface area contributed by atoms with Gasteiger partial charge in [0.15, 0.2) is 5.78 Å². The zero-order chi connectivity index (χ0) is 33.7. The third-order valence-electron chi connectivity index (χ3n) is 9.00. The minimum atomic E-state index is -0.303. The summed E-state index contributed by atoms with van der Waals surface area (Å²) in [5, 5.41) is 0. The Balaban J connectivity index is 0.877. The van der Waals surface area contributed by atoms with Crippen molar-refractivity contribution in [3.63, 3.8) is 0 Å². The summed E-state index contributed by atoms with van der Waals surface area (Å²) in [5.74, 6) is 0.202. The first kappa shape index (κ1) is 36.6. The van der Waals surface area contributed by atoms with Crippen molar-refractivity contribution in [3.05, 3.63) is 114 Å². The van der Waals surface area contributed by atoms with Crippen LogP contribution in [0.2, 0.25) is 0 Å². The molecule has 1 heterocycles. The number of ketones is 1. The molecule has 2 amide bonds. The second-order valence-corrected chi connectivity index (χ2v) is 12.9. The number of rotatable bonds is 24. The first-order chi connectivity index (χ1) is 23.6. The second-order valence-electron chi connectivity index (χ2n) is 12.9. The average molecular weight is 648 g/mol. The summed E-state index contributed by atoms with van der Waals surface area (Å²) in [4.78, 5) is 37.0. The van der Waals surface area contributed by atoms with Crippen molar-refractivity contribution in [1.82, 2.24) is 0 Å². The molecule has 5 nitrogen and oxygen atoms in total. The van der Waals surface area contributed by atoms with Crippen LogP contribution in [0.5, 0.6) is 5.75 Å². The van der Waals surface area contributed by atoms with Crippen LogP contribution in [0.1, 0.15) is 124 Å². The van der Waals surface area contributed by atoms with E-state index in [1.807, 2.05) is 48.5 Å². The predicted octanol–water partition coefficient (Wildman–Crippen LogP) is 10.9. The van der Waals surface area contributed by atoms with E-state index >= 15 is 0 Å².